The van der Waals surface area contributed by atoms with Gasteiger partial charge >= 0.3 is 0 Å². The fourth-order valence-electron chi connectivity index (χ4n) is 1.19. The van der Waals surface area contributed by atoms with E-state index < -0.39 is 6.10 Å². The van der Waals surface area contributed by atoms with E-state index in [0.717, 1.165) is 6.42 Å². The van der Waals surface area contributed by atoms with Crippen LogP contribution in [-0.2, 0) is 6.42 Å². The van der Waals surface area contributed by atoms with Crippen molar-refractivity contribution in [2.24, 2.45) is 4.99 Å². The number of aliphatic hydroxyl groups excluding tert-OH is 1. The molecule has 0 aromatic heterocycles. The molecule has 1 atom stereocenters. The van der Waals surface area contributed by atoms with E-state index in [0.29, 0.717) is 6.42 Å². The van der Waals surface area contributed by atoms with Gasteiger partial charge in [-0.1, -0.05) is 30.3 Å². The number of amidine groups is 1. The van der Waals surface area contributed by atoms with Crippen LogP contribution < -0.4 is 0 Å². The smallest absolute Gasteiger partial charge is 0.188 e. The third-order valence-electron chi connectivity index (χ3n) is 1.93. The molecule has 0 aliphatic rings. The van der Waals surface area contributed by atoms with Gasteiger partial charge in [-0.2, -0.15) is 0 Å². The Morgan fingerprint density at radius 1 is 1.47 bits per heavy atom. The molecule has 0 radical (unpaired) electrons. The van der Waals surface area contributed by atoms with E-state index in [1.807, 2.05) is 30.3 Å². The van der Waals surface area contributed by atoms with Crippen molar-refractivity contribution in [3.8, 4) is 0 Å². The van der Waals surface area contributed by atoms with Crippen molar-refractivity contribution in [2.75, 3.05) is 0 Å². The molecule has 0 amide bonds. The van der Waals surface area contributed by atoms with Crippen LogP contribution in [0.5, 0.6) is 0 Å². The number of aryl methyl sites for hydroxylation is 1. The van der Waals surface area contributed by atoms with Crippen LogP contribution in [-0.4, -0.2) is 22.2 Å². The monoisotopic (exact) mass is 268 g/mol. The zero-order valence-corrected chi connectivity index (χ0v) is 9.81. The summed E-state index contributed by atoms with van der Waals surface area (Å²) in [4.78, 5) is 3.66. The number of nitrogens with one attached hydrogen (secondary N) is 1. The lowest BCUT2D eigenvalue weighted by atomic mass is 10.1. The van der Waals surface area contributed by atoms with E-state index in [4.69, 9.17) is 5.41 Å². The molecule has 1 aromatic carbocycles. The van der Waals surface area contributed by atoms with Crippen molar-refractivity contribution < 1.29 is 5.11 Å². The molecule has 4 heteroatoms. The van der Waals surface area contributed by atoms with Crippen LogP contribution in [0.1, 0.15) is 12.0 Å². The molecule has 0 fully saturated rings. The second kappa shape index (κ2) is 6.48. The third kappa shape index (κ3) is 5.44. The molecule has 3 nitrogen and oxygen atoms in total. The molecule has 0 spiro atoms. The summed E-state index contributed by atoms with van der Waals surface area (Å²) in [7, 11) is 0. The van der Waals surface area contributed by atoms with Crippen LogP contribution in [0.4, 0.5) is 0 Å². The molecule has 0 saturated carbocycles. The predicted octanol–water partition coefficient (Wildman–Crippen LogP) is 2.38. The lowest BCUT2D eigenvalue weighted by molar-refractivity contribution is 0.236. The Balaban J connectivity index is 2.34. The highest BCUT2D eigenvalue weighted by Crippen LogP contribution is 2.04. The van der Waals surface area contributed by atoms with E-state index in [1.54, 1.807) is 0 Å². The van der Waals surface area contributed by atoms with E-state index in [2.05, 4.69) is 20.9 Å². The Hall–Kier alpha value is -1.00. The lowest BCUT2D eigenvalue weighted by Crippen LogP contribution is -2.09. The van der Waals surface area contributed by atoms with Crippen molar-refractivity contribution in [1.29, 1.82) is 5.41 Å². The molecule has 1 rings (SSSR count). The van der Waals surface area contributed by atoms with Gasteiger partial charge in [-0.15, -0.1) is 0 Å². The summed E-state index contributed by atoms with van der Waals surface area (Å²) in [6.45, 7) is 0. The largest absolute Gasteiger partial charge is 0.387 e. The van der Waals surface area contributed by atoms with Gasteiger partial charge in [0.25, 0.3) is 0 Å². The van der Waals surface area contributed by atoms with Gasteiger partial charge in [0, 0.05) is 6.21 Å². The average Bonchev–Trinajstić information content (AvgIpc) is 2.25. The Bertz CT molecular complexity index is 338. The molecule has 0 bridgehead atoms. The maximum absolute atomic E-state index is 9.49. The minimum Gasteiger partial charge on any atom is -0.387 e. The van der Waals surface area contributed by atoms with Crippen LogP contribution in [0.15, 0.2) is 35.3 Å². The first-order valence-electron chi connectivity index (χ1n) is 4.68. The number of rotatable bonds is 4. The minimum absolute atomic E-state index is 0.0289. The molecule has 1 aromatic rings. The highest BCUT2D eigenvalue weighted by Gasteiger charge is 2.00. The van der Waals surface area contributed by atoms with Gasteiger partial charge in [-0.3, -0.25) is 5.41 Å². The zero-order chi connectivity index (χ0) is 11.1. The second-order valence-electron chi connectivity index (χ2n) is 3.16. The standard InChI is InChI=1S/C11H13BrN2O/c12-11(13)14-8-10(15)7-6-9-4-2-1-3-5-9/h1-5,8,10,13,15H,6-7H2. The Morgan fingerprint density at radius 2 is 2.13 bits per heavy atom. The van der Waals surface area contributed by atoms with Crippen LogP contribution in [0, 0.1) is 5.41 Å². The van der Waals surface area contributed by atoms with Gasteiger partial charge < -0.3 is 5.11 Å². The molecule has 80 valence electrons. The number of nitrogens with zero attached hydrogens (tertiary/aromatic N) is 1. The molecule has 0 heterocycles. The maximum Gasteiger partial charge on any atom is 0.188 e. The van der Waals surface area contributed by atoms with Gasteiger partial charge in [-0.05, 0) is 34.3 Å². The van der Waals surface area contributed by atoms with Crippen molar-refractivity contribution in [1.82, 2.24) is 0 Å². The quantitative estimate of drug-likeness (QED) is 0.492. The summed E-state index contributed by atoms with van der Waals surface area (Å²) < 4.78 is 0.0289. The van der Waals surface area contributed by atoms with Gasteiger partial charge in [0.05, 0.1) is 6.10 Å². The summed E-state index contributed by atoms with van der Waals surface area (Å²) >= 11 is 2.87. The van der Waals surface area contributed by atoms with E-state index >= 15 is 0 Å². The van der Waals surface area contributed by atoms with Gasteiger partial charge in [0.1, 0.15) is 0 Å². The van der Waals surface area contributed by atoms with Crippen molar-refractivity contribution in [3.63, 3.8) is 0 Å². The first-order chi connectivity index (χ1) is 7.18. The van der Waals surface area contributed by atoms with Gasteiger partial charge in [0.15, 0.2) is 4.74 Å². The molecule has 15 heavy (non-hydrogen) atoms. The Morgan fingerprint density at radius 3 is 2.73 bits per heavy atom. The predicted molar refractivity (Wildman–Crippen MR) is 65.9 cm³/mol. The molecule has 0 aliphatic carbocycles. The highest BCUT2D eigenvalue weighted by molar-refractivity contribution is 9.18. The fourth-order valence-corrected chi connectivity index (χ4v) is 1.30. The fraction of sp³-hybridized carbons (Fsp3) is 0.273. The highest BCUT2D eigenvalue weighted by atomic mass is 79.9. The zero-order valence-electron chi connectivity index (χ0n) is 8.23. The van der Waals surface area contributed by atoms with E-state index in [9.17, 15) is 5.11 Å². The SMILES string of the molecule is N=C(Br)N=CC(O)CCc1ccccc1. The number of aliphatic hydroxyl groups is 1. The van der Waals surface area contributed by atoms with Crippen LogP contribution in [0.3, 0.4) is 0 Å². The molecule has 0 saturated heterocycles. The minimum atomic E-state index is -0.594. The summed E-state index contributed by atoms with van der Waals surface area (Å²) in [5, 5.41) is 16.5. The van der Waals surface area contributed by atoms with Gasteiger partial charge in [-0.25, -0.2) is 4.99 Å². The lowest BCUT2D eigenvalue weighted by Gasteiger charge is -2.04. The van der Waals surface area contributed by atoms with Crippen LogP contribution >= 0.6 is 15.9 Å². The third-order valence-corrected chi connectivity index (χ3v) is 2.14. The van der Waals surface area contributed by atoms with Crippen molar-refractivity contribution in [3.05, 3.63) is 35.9 Å². The average molecular weight is 269 g/mol. The Kier molecular flexibility index (Phi) is 5.21. The molecular formula is C11H13BrN2O. The molecule has 2 N–H and O–H groups in total. The summed E-state index contributed by atoms with van der Waals surface area (Å²) in [5.41, 5.74) is 1.19. The van der Waals surface area contributed by atoms with Crippen LogP contribution in [0.2, 0.25) is 0 Å². The van der Waals surface area contributed by atoms with Crippen molar-refractivity contribution >= 4 is 26.9 Å². The number of halogens is 1. The molecule has 1 unspecified atom stereocenters. The van der Waals surface area contributed by atoms with Crippen LogP contribution in [0.25, 0.3) is 0 Å². The summed E-state index contributed by atoms with van der Waals surface area (Å²) in [6.07, 6.45) is 2.21. The van der Waals surface area contributed by atoms with E-state index in [1.165, 1.54) is 11.8 Å². The maximum atomic E-state index is 9.49. The second-order valence-corrected chi connectivity index (χ2v) is 3.91. The summed E-state index contributed by atoms with van der Waals surface area (Å²) in [5.74, 6) is 0. The number of aliphatic imine (C=N–C) groups is 1. The normalized spacial score (nSPS) is 12.9. The van der Waals surface area contributed by atoms with E-state index in [-0.39, 0.29) is 4.74 Å². The first-order valence-corrected chi connectivity index (χ1v) is 5.48. The van der Waals surface area contributed by atoms with Gasteiger partial charge in [0.2, 0.25) is 0 Å². The Labute approximate surface area is 97.5 Å². The molecular weight excluding hydrogens is 256 g/mol. The molecule has 0 aliphatic heterocycles. The topological polar surface area (TPSA) is 56.4 Å². The van der Waals surface area contributed by atoms with Crippen molar-refractivity contribution in [2.45, 2.75) is 18.9 Å². The number of hydrogen-bond acceptors (Lipinski definition) is 2. The summed E-state index contributed by atoms with van der Waals surface area (Å²) in [6, 6.07) is 9.97. The first kappa shape index (κ1) is 12.1. The number of hydrogen-bond donors (Lipinski definition) is 2. The number of benzene rings is 1.